The molecule has 7 rings (SSSR count). The van der Waals surface area contributed by atoms with Gasteiger partial charge >= 0.3 is 0 Å². The number of amides is 2. The summed E-state index contributed by atoms with van der Waals surface area (Å²) in [5.74, 6) is 4.19. The average molecular weight is 520 g/mol. The molecule has 2 aromatic carbocycles. The highest BCUT2D eigenvalue weighted by Gasteiger charge is 2.51. The first-order chi connectivity index (χ1) is 18.0. The Balaban J connectivity index is 1.20. The quantitative estimate of drug-likeness (QED) is 0.382. The number of imide groups is 1. The Kier molecular flexibility index (Phi) is 6.43. The number of hydrogen-bond acceptors (Lipinski definition) is 6. The number of methoxy groups -OCH3 is 2. The van der Waals surface area contributed by atoms with Crippen molar-refractivity contribution in [2.45, 2.75) is 43.9 Å². The fourth-order valence-corrected chi connectivity index (χ4v) is 8.32. The fraction of sp³-hybridized carbons (Fsp3) is 0.467. The minimum absolute atomic E-state index is 0.171. The van der Waals surface area contributed by atoms with Crippen molar-refractivity contribution in [2.75, 3.05) is 27.4 Å². The molecule has 0 aromatic heterocycles. The van der Waals surface area contributed by atoms with Gasteiger partial charge in [-0.2, -0.15) is 0 Å². The zero-order chi connectivity index (χ0) is 25.6. The largest absolute Gasteiger partial charge is 0.496 e. The third kappa shape index (κ3) is 4.52. The van der Waals surface area contributed by atoms with E-state index in [9.17, 15) is 9.59 Å². The van der Waals surface area contributed by atoms with Crippen LogP contribution in [0.2, 0.25) is 0 Å². The highest BCUT2D eigenvalue weighted by Crippen LogP contribution is 2.61. The number of para-hydroxylation sites is 2. The van der Waals surface area contributed by atoms with Crippen molar-refractivity contribution in [3.63, 3.8) is 0 Å². The molecule has 1 aliphatic heterocycles. The molecule has 4 aliphatic carbocycles. The van der Waals surface area contributed by atoms with Crippen LogP contribution >= 0.6 is 11.8 Å². The van der Waals surface area contributed by atoms with E-state index in [-0.39, 0.29) is 29.7 Å². The van der Waals surface area contributed by atoms with Gasteiger partial charge in [0, 0.05) is 5.56 Å². The van der Waals surface area contributed by atoms with E-state index in [4.69, 9.17) is 14.2 Å². The lowest BCUT2D eigenvalue weighted by Crippen LogP contribution is -2.48. The number of ether oxygens (including phenoxy) is 3. The molecule has 194 valence electrons. The Labute approximate surface area is 222 Å². The van der Waals surface area contributed by atoms with E-state index in [2.05, 4.69) is 12.1 Å². The van der Waals surface area contributed by atoms with Crippen molar-refractivity contribution in [1.29, 1.82) is 0 Å². The summed E-state index contributed by atoms with van der Waals surface area (Å²) in [5, 5.41) is -0.281. The van der Waals surface area contributed by atoms with Crippen LogP contribution in [-0.4, -0.2) is 43.4 Å². The van der Waals surface area contributed by atoms with Crippen LogP contribution in [0, 0.1) is 17.8 Å². The smallest absolute Gasteiger partial charge is 0.293 e. The molecule has 1 saturated heterocycles. The molecular formula is C30H33NO5S. The molecule has 6 nitrogen and oxygen atoms in total. The number of hydrogen-bond donors (Lipinski definition) is 0. The van der Waals surface area contributed by atoms with Crippen LogP contribution in [0.4, 0.5) is 4.79 Å². The summed E-state index contributed by atoms with van der Waals surface area (Å²) >= 11 is 0.978. The summed E-state index contributed by atoms with van der Waals surface area (Å²) in [4.78, 5) is 27.6. The molecule has 0 unspecified atom stereocenters. The molecule has 5 aliphatic rings. The van der Waals surface area contributed by atoms with Gasteiger partial charge in [0.1, 0.15) is 12.4 Å². The van der Waals surface area contributed by atoms with E-state index >= 15 is 0 Å². The molecule has 7 heteroatoms. The summed E-state index contributed by atoms with van der Waals surface area (Å²) < 4.78 is 16.8. The second-order valence-corrected chi connectivity index (χ2v) is 12.0. The SMILES string of the molecule is COc1ccc(C23CC4CC(CC(C4)C2)C3)cc1/C=C1\SC(=O)N(CCOc2ccccc2OC)C1=O. The molecule has 0 radical (unpaired) electrons. The number of carbonyl (C=O) groups is 2. The molecule has 0 N–H and O–H groups in total. The van der Waals surface area contributed by atoms with Crippen LogP contribution in [0.15, 0.2) is 47.4 Å². The third-order valence-electron chi connectivity index (χ3n) is 8.68. The van der Waals surface area contributed by atoms with Gasteiger partial charge in [0.05, 0.1) is 25.7 Å². The normalized spacial score (nSPS) is 29.3. The molecule has 37 heavy (non-hydrogen) atoms. The molecule has 2 amide bonds. The van der Waals surface area contributed by atoms with Crippen LogP contribution in [0.3, 0.4) is 0 Å². The number of thioether (sulfide) groups is 1. The number of nitrogens with zero attached hydrogens (tertiary/aromatic N) is 1. The summed E-state index contributed by atoms with van der Waals surface area (Å²) in [6, 6.07) is 13.8. The lowest BCUT2D eigenvalue weighted by Gasteiger charge is -2.57. The number of rotatable bonds is 8. The molecule has 5 fully saturated rings. The molecule has 4 bridgehead atoms. The van der Waals surface area contributed by atoms with Crippen LogP contribution < -0.4 is 14.2 Å². The monoisotopic (exact) mass is 519 g/mol. The van der Waals surface area contributed by atoms with Crippen molar-refractivity contribution in [3.05, 3.63) is 58.5 Å². The zero-order valence-electron chi connectivity index (χ0n) is 21.4. The maximum absolute atomic E-state index is 13.2. The minimum Gasteiger partial charge on any atom is -0.496 e. The maximum Gasteiger partial charge on any atom is 0.293 e. The van der Waals surface area contributed by atoms with Crippen molar-refractivity contribution in [1.82, 2.24) is 4.90 Å². The standard InChI is InChI=1S/C30H33NO5S/c1-34-24-8-7-23(30-16-19-11-20(17-30)13-21(12-19)18-30)14-22(24)15-27-28(32)31(29(33)37-27)9-10-36-26-6-4-3-5-25(26)35-2/h3-8,14-15,19-21H,9-13,16-18H2,1-2H3/b27-15-. The number of benzene rings is 2. The highest BCUT2D eigenvalue weighted by atomic mass is 32.2. The molecule has 0 spiro atoms. The second kappa shape index (κ2) is 9.75. The number of carbonyl (C=O) groups excluding carboxylic acids is 2. The van der Waals surface area contributed by atoms with E-state index in [1.165, 1.54) is 49.0 Å². The third-order valence-corrected chi connectivity index (χ3v) is 9.59. The summed E-state index contributed by atoms with van der Waals surface area (Å²) in [7, 11) is 3.23. The first-order valence-electron chi connectivity index (χ1n) is 13.2. The van der Waals surface area contributed by atoms with Crippen LogP contribution in [0.1, 0.15) is 49.7 Å². The zero-order valence-corrected chi connectivity index (χ0v) is 22.2. The van der Waals surface area contributed by atoms with Gasteiger partial charge < -0.3 is 14.2 Å². The van der Waals surface area contributed by atoms with E-state index in [0.717, 1.165) is 40.8 Å². The Bertz CT molecular complexity index is 1220. The molecule has 4 saturated carbocycles. The van der Waals surface area contributed by atoms with Gasteiger partial charge in [-0.3, -0.25) is 14.5 Å². The Morgan fingerprint density at radius 2 is 1.57 bits per heavy atom. The topological polar surface area (TPSA) is 65.1 Å². The van der Waals surface area contributed by atoms with E-state index in [1.54, 1.807) is 20.3 Å². The lowest BCUT2D eigenvalue weighted by atomic mass is 9.48. The Morgan fingerprint density at radius 3 is 2.22 bits per heavy atom. The van der Waals surface area contributed by atoms with Crippen molar-refractivity contribution < 1.29 is 23.8 Å². The molecule has 2 aromatic rings. The van der Waals surface area contributed by atoms with Gasteiger partial charge in [0.2, 0.25) is 0 Å². The predicted molar refractivity (Wildman–Crippen MR) is 144 cm³/mol. The van der Waals surface area contributed by atoms with Gasteiger partial charge in [0.15, 0.2) is 11.5 Å². The van der Waals surface area contributed by atoms with Gasteiger partial charge in [0.25, 0.3) is 11.1 Å². The molecular weight excluding hydrogens is 486 g/mol. The highest BCUT2D eigenvalue weighted by molar-refractivity contribution is 8.18. The van der Waals surface area contributed by atoms with Crippen molar-refractivity contribution in [3.8, 4) is 17.2 Å². The fourth-order valence-electron chi connectivity index (χ4n) is 7.46. The molecule has 1 heterocycles. The van der Waals surface area contributed by atoms with Crippen molar-refractivity contribution in [2.24, 2.45) is 17.8 Å². The van der Waals surface area contributed by atoms with Gasteiger partial charge in [-0.15, -0.1) is 0 Å². The minimum atomic E-state index is -0.291. The predicted octanol–water partition coefficient (Wildman–Crippen LogP) is 6.29. The van der Waals surface area contributed by atoms with Crippen molar-refractivity contribution >= 4 is 29.0 Å². The van der Waals surface area contributed by atoms with E-state index < -0.39 is 0 Å². The van der Waals surface area contributed by atoms with Crippen LogP contribution in [-0.2, 0) is 10.2 Å². The summed E-state index contributed by atoms with van der Waals surface area (Å²) in [6.07, 6.45) is 9.84. The molecule has 0 atom stereocenters. The van der Waals surface area contributed by atoms with E-state index in [1.807, 2.05) is 30.3 Å². The van der Waals surface area contributed by atoms with Gasteiger partial charge in [-0.1, -0.05) is 18.2 Å². The first-order valence-corrected chi connectivity index (χ1v) is 14.0. The average Bonchev–Trinajstić information content (AvgIpc) is 3.15. The Hall–Kier alpha value is -2.93. The van der Waals surface area contributed by atoms with Gasteiger partial charge in [-0.25, -0.2) is 0 Å². The second-order valence-electron chi connectivity index (χ2n) is 11.0. The van der Waals surface area contributed by atoms with Crippen LogP contribution in [0.25, 0.3) is 6.08 Å². The lowest BCUT2D eigenvalue weighted by molar-refractivity contribution is -0.123. The van der Waals surface area contributed by atoms with Gasteiger partial charge in [-0.05, 0) is 109 Å². The summed E-state index contributed by atoms with van der Waals surface area (Å²) in [6.45, 7) is 0.362. The Morgan fingerprint density at radius 1 is 0.919 bits per heavy atom. The summed E-state index contributed by atoms with van der Waals surface area (Å²) in [5.41, 5.74) is 2.48. The van der Waals surface area contributed by atoms with Crippen LogP contribution in [0.5, 0.6) is 17.2 Å². The van der Waals surface area contributed by atoms with E-state index in [0.29, 0.717) is 16.4 Å². The first kappa shape index (κ1) is 24.4. The maximum atomic E-state index is 13.2.